The highest BCUT2D eigenvalue weighted by Gasteiger charge is 2.24. The van der Waals surface area contributed by atoms with E-state index in [0.717, 1.165) is 11.3 Å². The molecule has 15 heavy (non-hydrogen) atoms. The Labute approximate surface area is 93.9 Å². The van der Waals surface area contributed by atoms with Crippen molar-refractivity contribution in [2.45, 2.75) is 32.3 Å². The van der Waals surface area contributed by atoms with Gasteiger partial charge in [0.25, 0.3) is 0 Å². The number of carbonyl (C=O) groups is 1. The maximum absolute atomic E-state index is 10.4. The van der Waals surface area contributed by atoms with Crippen molar-refractivity contribution < 1.29 is 9.90 Å². The molecule has 0 aromatic carbocycles. The summed E-state index contributed by atoms with van der Waals surface area (Å²) in [4.78, 5) is 10.4. The molecule has 0 aliphatic rings. The monoisotopic (exact) mass is 230 g/mol. The Balaban J connectivity index is 2.93. The molecule has 0 amide bonds. The summed E-state index contributed by atoms with van der Waals surface area (Å²) in [5, 5.41) is 14.6. The van der Waals surface area contributed by atoms with Crippen molar-refractivity contribution in [3.05, 3.63) is 16.4 Å². The third kappa shape index (κ3) is 2.79. The van der Waals surface area contributed by atoms with Crippen molar-refractivity contribution in [2.24, 2.45) is 7.05 Å². The second-order valence-electron chi connectivity index (χ2n) is 4.02. The summed E-state index contributed by atoms with van der Waals surface area (Å²) in [6, 6.07) is 0. The van der Waals surface area contributed by atoms with Crippen LogP contribution in [-0.4, -0.2) is 26.8 Å². The SMILES string of the molecule is Cc1nn(C)c(Cl)c1CC(C)(O)CC=O. The van der Waals surface area contributed by atoms with Gasteiger partial charge in [0, 0.05) is 25.5 Å². The number of halogens is 1. The molecule has 0 aliphatic heterocycles. The van der Waals surface area contributed by atoms with Crippen LogP contribution in [0.3, 0.4) is 0 Å². The normalized spacial score (nSPS) is 15.0. The number of carbonyl (C=O) groups excluding carboxylic acids is 1. The van der Waals surface area contributed by atoms with Crippen LogP contribution >= 0.6 is 11.6 Å². The zero-order valence-corrected chi connectivity index (χ0v) is 9.88. The molecule has 1 N–H and O–H groups in total. The van der Waals surface area contributed by atoms with Crippen molar-refractivity contribution >= 4 is 17.9 Å². The first kappa shape index (κ1) is 12.2. The Morgan fingerprint density at radius 2 is 2.27 bits per heavy atom. The van der Waals surface area contributed by atoms with E-state index >= 15 is 0 Å². The van der Waals surface area contributed by atoms with Gasteiger partial charge >= 0.3 is 0 Å². The molecule has 0 saturated carbocycles. The van der Waals surface area contributed by atoms with Crippen LogP contribution in [0.5, 0.6) is 0 Å². The molecule has 1 aromatic heterocycles. The first-order chi connectivity index (χ1) is 6.87. The standard InChI is InChI=1S/C10H15ClN2O2/c1-7-8(9(11)13(3)12-7)6-10(2,15)4-5-14/h5,15H,4,6H2,1-3H3. The molecular weight excluding hydrogens is 216 g/mol. The fraction of sp³-hybridized carbons (Fsp3) is 0.600. The second kappa shape index (κ2) is 4.33. The number of rotatable bonds is 4. The molecule has 1 atom stereocenters. The summed E-state index contributed by atoms with van der Waals surface area (Å²) in [5.74, 6) is 0. The highest BCUT2D eigenvalue weighted by atomic mass is 35.5. The van der Waals surface area contributed by atoms with Crippen molar-refractivity contribution in [3.63, 3.8) is 0 Å². The van der Waals surface area contributed by atoms with E-state index < -0.39 is 5.60 Å². The summed E-state index contributed by atoms with van der Waals surface area (Å²) in [6.07, 6.45) is 1.14. The van der Waals surface area contributed by atoms with Gasteiger partial charge in [-0.25, -0.2) is 0 Å². The van der Waals surface area contributed by atoms with Gasteiger partial charge in [-0.1, -0.05) is 11.6 Å². The van der Waals surface area contributed by atoms with Crippen molar-refractivity contribution in [2.75, 3.05) is 0 Å². The van der Waals surface area contributed by atoms with Gasteiger partial charge in [-0.2, -0.15) is 5.10 Å². The Bertz CT molecular complexity index is 372. The lowest BCUT2D eigenvalue weighted by Crippen LogP contribution is -2.27. The number of aliphatic hydroxyl groups is 1. The molecule has 1 unspecified atom stereocenters. The molecule has 0 fully saturated rings. The molecule has 0 radical (unpaired) electrons. The van der Waals surface area contributed by atoms with E-state index in [4.69, 9.17) is 11.6 Å². The molecule has 5 heteroatoms. The molecule has 1 heterocycles. The Kier molecular flexibility index (Phi) is 3.52. The molecule has 4 nitrogen and oxygen atoms in total. The minimum atomic E-state index is -1.06. The van der Waals surface area contributed by atoms with Crippen molar-refractivity contribution in [1.29, 1.82) is 0 Å². The van der Waals surface area contributed by atoms with Crippen LogP contribution in [0.2, 0.25) is 5.15 Å². The summed E-state index contributed by atoms with van der Waals surface area (Å²) in [6.45, 7) is 3.45. The van der Waals surface area contributed by atoms with Crippen molar-refractivity contribution in [1.82, 2.24) is 9.78 Å². The van der Waals surface area contributed by atoms with Crippen molar-refractivity contribution in [3.8, 4) is 0 Å². The van der Waals surface area contributed by atoms with Gasteiger partial charge in [0.05, 0.1) is 11.3 Å². The summed E-state index contributed by atoms with van der Waals surface area (Å²) < 4.78 is 1.56. The fourth-order valence-electron chi connectivity index (χ4n) is 1.51. The van der Waals surface area contributed by atoms with Crippen LogP contribution < -0.4 is 0 Å². The lowest BCUT2D eigenvalue weighted by atomic mass is 9.94. The summed E-state index contributed by atoms with van der Waals surface area (Å²) in [7, 11) is 1.74. The van der Waals surface area contributed by atoms with Crippen LogP contribution in [-0.2, 0) is 18.3 Å². The van der Waals surface area contributed by atoms with Gasteiger partial charge in [-0.05, 0) is 13.8 Å². The number of hydrogen-bond donors (Lipinski definition) is 1. The van der Waals surface area contributed by atoms with Crippen LogP contribution in [0, 0.1) is 6.92 Å². The maximum Gasteiger partial charge on any atom is 0.130 e. The van der Waals surface area contributed by atoms with E-state index in [2.05, 4.69) is 5.10 Å². The molecule has 1 rings (SSSR count). The largest absolute Gasteiger partial charge is 0.389 e. The molecular formula is C10H15ClN2O2. The van der Waals surface area contributed by atoms with Gasteiger partial charge in [-0.3, -0.25) is 4.68 Å². The topological polar surface area (TPSA) is 55.1 Å². The predicted octanol–water partition coefficient (Wildman–Crippen LogP) is 1.26. The van der Waals surface area contributed by atoms with Crippen LogP contribution in [0.25, 0.3) is 0 Å². The van der Waals surface area contributed by atoms with Crippen LogP contribution in [0.15, 0.2) is 0 Å². The highest BCUT2D eigenvalue weighted by Crippen LogP contribution is 2.24. The Hall–Kier alpha value is -0.870. The number of aryl methyl sites for hydroxylation is 2. The van der Waals surface area contributed by atoms with E-state index in [1.54, 1.807) is 18.7 Å². The molecule has 0 spiro atoms. The highest BCUT2D eigenvalue weighted by molar-refractivity contribution is 6.30. The quantitative estimate of drug-likeness (QED) is 0.793. The van der Waals surface area contributed by atoms with Gasteiger partial charge in [-0.15, -0.1) is 0 Å². The average Bonchev–Trinajstić information content (AvgIpc) is 2.32. The number of nitrogens with zero attached hydrogens (tertiary/aromatic N) is 2. The fourth-order valence-corrected chi connectivity index (χ4v) is 1.75. The van der Waals surface area contributed by atoms with E-state index in [0.29, 0.717) is 17.9 Å². The van der Waals surface area contributed by atoms with Crippen LogP contribution in [0.4, 0.5) is 0 Å². The minimum absolute atomic E-state index is 0.0949. The number of hydrogen-bond acceptors (Lipinski definition) is 3. The van der Waals surface area contributed by atoms with E-state index in [9.17, 15) is 9.90 Å². The van der Waals surface area contributed by atoms with E-state index in [1.807, 2.05) is 6.92 Å². The molecule has 0 saturated heterocycles. The summed E-state index contributed by atoms with van der Waals surface area (Å²) >= 11 is 6.02. The van der Waals surface area contributed by atoms with Gasteiger partial charge < -0.3 is 9.90 Å². The third-order valence-electron chi connectivity index (χ3n) is 2.35. The van der Waals surface area contributed by atoms with Gasteiger partial charge in [0.15, 0.2) is 0 Å². The predicted molar refractivity (Wildman–Crippen MR) is 58.0 cm³/mol. The number of aldehydes is 1. The molecule has 1 aromatic rings. The maximum atomic E-state index is 10.4. The third-order valence-corrected chi connectivity index (χ3v) is 2.82. The zero-order chi connectivity index (χ0) is 11.6. The van der Waals surface area contributed by atoms with Crippen LogP contribution in [0.1, 0.15) is 24.6 Å². The molecule has 84 valence electrons. The number of aromatic nitrogens is 2. The average molecular weight is 231 g/mol. The lowest BCUT2D eigenvalue weighted by molar-refractivity contribution is -0.111. The first-order valence-electron chi connectivity index (χ1n) is 4.71. The molecule has 0 bridgehead atoms. The lowest BCUT2D eigenvalue weighted by Gasteiger charge is -2.20. The first-order valence-corrected chi connectivity index (χ1v) is 5.09. The Morgan fingerprint density at radius 3 is 2.67 bits per heavy atom. The summed E-state index contributed by atoms with van der Waals surface area (Å²) in [5.41, 5.74) is 0.527. The minimum Gasteiger partial charge on any atom is -0.389 e. The smallest absolute Gasteiger partial charge is 0.130 e. The molecule has 0 aliphatic carbocycles. The van der Waals surface area contributed by atoms with Gasteiger partial charge in [0.2, 0.25) is 0 Å². The second-order valence-corrected chi connectivity index (χ2v) is 4.38. The Morgan fingerprint density at radius 1 is 1.67 bits per heavy atom. The van der Waals surface area contributed by atoms with Gasteiger partial charge in [0.1, 0.15) is 11.4 Å². The van der Waals surface area contributed by atoms with E-state index in [1.165, 1.54) is 0 Å². The van der Waals surface area contributed by atoms with E-state index in [-0.39, 0.29) is 6.42 Å². The zero-order valence-electron chi connectivity index (χ0n) is 9.12.